The largest absolute Gasteiger partial charge is 0.487 e. The predicted octanol–water partition coefficient (Wildman–Crippen LogP) is 5.09. The fourth-order valence-corrected chi connectivity index (χ4v) is 3.11. The van der Waals surface area contributed by atoms with Gasteiger partial charge in [-0.25, -0.2) is 4.79 Å². The highest BCUT2D eigenvalue weighted by atomic mass is 35.5. The van der Waals surface area contributed by atoms with Crippen LogP contribution in [0.1, 0.15) is 31.8 Å². The smallest absolute Gasteiger partial charge is 0.336 e. The summed E-state index contributed by atoms with van der Waals surface area (Å²) in [5.41, 5.74) is 1.27. The van der Waals surface area contributed by atoms with Gasteiger partial charge in [0.2, 0.25) is 0 Å². The first kappa shape index (κ1) is 21.8. The van der Waals surface area contributed by atoms with Crippen molar-refractivity contribution in [3.8, 4) is 5.75 Å². The first-order valence-corrected chi connectivity index (χ1v) is 9.43. The lowest BCUT2D eigenvalue weighted by Crippen LogP contribution is -2.17. The molecule has 0 spiro atoms. The summed E-state index contributed by atoms with van der Waals surface area (Å²) in [4.78, 5) is 34.2. The molecule has 158 valence electrons. The van der Waals surface area contributed by atoms with Crippen molar-refractivity contribution in [2.45, 2.75) is 13.5 Å². The summed E-state index contributed by atoms with van der Waals surface area (Å²) in [6, 6.07) is 15.3. The number of halogens is 1. The summed E-state index contributed by atoms with van der Waals surface area (Å²) in [5.74, 6) is -1.79. The number of ether oxygens (including phenoxy) is 1. The summed E-state index contributed by atoms with van der Waals surface area (Å²) >= 11 is 6.25. The standard InChI is InChI=1S/C22H17ClN2O6/c1-13-3-2-4-14(9-13)12-31-20-8-5-15(10-19(20)23)24-21(26)18-11-16(25(29)30)6-7-17(18)22(27)28/h2-11H,12H2,1H3,(H,24,26)(H,27,28). The van der Waals surface area contributed by atoms with Gasteiger partial charge in [0.25, 0.3) is 11.6 Å². The van der Waals surface area contributed by atoms with Crippen molar-refractivity contribution in [3.63, 3.8) is 0 Å². The van der Waals surface area contributed by atoms with Crippen LogP contribution >= 0.6 is 11.6 Å². The Morgan fingerprint density at radius 1 is 1.10 bits per heavy atom. The van der Waals surface area contributed by atoms with Crippen LogP contribution in [0.3, 0.4) is 0 Å². The zero-order valence-corrected chi connectivity index (χ0v) is 17.1. The molecule has 0 saturated heterocycles. The lowest BCUT2D eigenvalue weighted by molar-refractivity contribution is -0.384. The van der Waals surface area contributed by atoms with E-state index in [1.807, 2.05) is 31.2 Å². The minimum absolute atomic E-state index is 0.239. The highest BCUT2D eigenvalue weighted by Gasteiger charge is 2.21. The number of benzene rings is 3. The monoisotopic (exact) mass is 440 g/mol. The topological polar surface area (TPSA) is 119 Å². The molecular weight excluding hydrogens is 424 g/mol. The third kappa shape index (κ3) is 5.37. The van der Waals surface area contributed by atoms with Gasteiger partial charge >= 0.3 is 5.97 Å². The average molecular weight is 441 g/mol. The van der Waals surface area contributed by atoms with Crippen molar-refractivity contribution in [1.82, 2.24) is 0 Å². The molecule has 31 heavy (non-hydrogen) atoms. The van der Waals surface area contributed by atoms with Crippen LogP contribution in [-0.4, -0.2) is 21.9 Å². The molecule has 0 aliphatic carbocycles. The number of nitrogens with zero attached hydrogens (tertiary/aromatic N) is 1. The van der Waals surface area contributed by atoms with Crippen LogP contribution in [0.5, 0.6) is 5.75 Å². The number of carboxylic acids is 1. The molecule has 0 aliphatic heterocycles. The van der Waals surface area contributed by atoms with E-state index in [2.05, 4.69) is 5.32 Å². The van der Waals surface area contributed by atoms with Crippen LogP contribution < -0.4 is 10.1 Å². The van der Waals surface area contributed by atoms with E-state index in [1.165, 1.54) is 12.1 Å². The third-order valence-electron chi connectivity index (χ3n) is 4.36. The Kier molecular flexibility index (Phi) is 6.52. The van der Waals surface area contributed by atoms with Crippen molar-refractivity contribution in [3.05, 3.63) is 98.1 Å². The number of aromatic carboxylic acids is 1. The second-order valence-corrected chi connectivity index (χ2v) is 7.08. The number of hydrogen-bond donors (Lipinski definition) is 2. The summed E-state index contributed by atoms with van der Waals surface area (Å²) < 4.78 is 5.72. The van der Waals surface area contributed by atoms with Crippen LogP contribution in [0.4, 0.5) is 11.4 Å². The number of aryl methyl sites for hydroxylation is 1. The number of hydrogen-bond acceptors (Lipinski definition) is 5. The number of anilines is 1. The Bertz CT molecular complexity index is 1180. The molecule has 9 heteroatoms. The van der Waals surface area contributed by atoms with Gasteiger partial charge in [0.05, 0.1) is 21.1 Å². The van der Waals surface area contributed by atoms with Crippen LogP contribution in [0.15, 0.2) is 60.7 Å². The third-order valence-corrected chi connectivity index (χ3v) is 4.65. The van der Waals surface area contributed by atoms with Crippen LogP contribution in [-0.2, 0) is 6.61 Å². The van der Waals surface area contributed by atoms with Gasteiger partial charge in [-0.15, -0.1) is 0 Å². The number of rotatable bonds is 7. The molecule has 3 aromatic rings. The summed E-state index contributed by atoms with van der Waals surface area (Å²) in [5, 5.41) is 23.0. The van der Waals surface area contributed by atoms with Gasteiger partial charge < -0.3 is 15.2 Å². The molecule has 3 aromatic carbocycles. The van der Waals surface area contributed by atoms with Crippen LogP contribution in [0, 0.1) is 17.0 Å². The fourth-order valence-electron chi connectivity index (χ4n) is 2.88. The Hall–Kier alpha value is -3.91. The maximum Gasteiger partial charge on any atom is 0.336 e. The summed E-state index contributed by atoms with van der Waals surface area (Å²) in [7, 11) is 0. The molecule has 0 saturated carbocycles. The SMILES string of the molecule is Cc1cccc(COc2ccc(NC(=O)c3cc([N+](=O)[O-])ccc3C(=O)O)cc2Cl)c1. The number of nitrogens with one attached hydrogen (secondary N) is 1. The Balaban J connectivity index is 1.76. The number of nitro benzene ring substituents is 1. The van der Waals surface area contributed by atoms with Gasteiger partial charge in [-0.2, -0.15) is 0 Å². The van der Waals surface area contributed by atoms with E-state index in [0.717, 1.165) is 29.3 Å². The number of non-ortho nitro benzene ring substituents is 1. The Morgan fingerprint density at radius 3 is 2.52 bits per heavy atom. The van der Waals surface area contributed by atoms with E-state index in [1.54, 1.807) is 6.07 Å². The minimum atomic E-state index is -1.38. The van der Waals surface area contributed by atoms with Gasteiger partial charge in [0.1, 0.15) is 12.4 Å². The highest BCUT2D eigenvalue weighted by molar-refractivity contribution is 6.32. The molecule has 0 fully saturated rings. The zero-order valence-electron chi connectivity index (χ0n) is 16.3. The van der Waals surface area contributed by atoms with Gasteiger partial charge in [0, 0.05) is 17.8 Å². The zero-order chi connectivity index (χ0) is 22.5. The molecule has 0 atom stereocenters. The molecule has 0 bridgehead atoms. The summed E-state index contributed by atoms with van der Waals surface area (Å²) in [6.45, 7) is 2.29. The van der Waals surface area contributed by atoms with Crippen molar-refractivity contribution >= 4 is 34.9 Å². The van der Waals surface area contributed by atoms with E-state index in [0.29, 0.717) is 12.4 Å². The van der Waals surface area contributed by atoms with E-state index >= 15 is 0 Å². The van der Waals surface area contributed by atoms with Gasteiger partial charge in [-0.3, -0.25) is 14.9 Å². The number of nitro groups is 1. The number of carbonyl (C=O) groups is 2. The van der Waals surface area contributed by atoms with Gasteiger partial charge in [-0.05, 0) is 36.8 Å². The summed E-state index contributed by atoms with van der Waals surface area (Å²) in [6.07, 6.45) is 0. The normalized spacial score (nSPS) is 10.4. The first-order chi connectivity index (χ1) is 14.7. The number of carboxylic acid groups (broad SMARTS) is 1. The molecule has 0 aromatic heterocycles. The highest BCUT2D eigenvalue weighted by Crippen LogP contribution is 2.29. The van der Waals surface area contributed by atoms with E-state index < -0.39 is 22.5 Å². The van der Waals surface area contributed by atoms with Gasteiger partial charge in [0.15, 0.2) is 0 Å². The molecule has 1 amide bonds. The molecule has 0 heterocycles. The Morgan fingerprint density at radius 2 is 1.87 bits per heavy atom. The second kappa shape index (κ2) is 9.27. The maximum absolute atomic E-state index is 12.6. The fraction of sp³-hybridized carbons (Fsp3) is 0.0909. The predicted molar refractivity (Wildman–Crippen MR) is 115 cm³/mol. The molecule has 2 N–H and O–H groups in total. The average Bonchev–Trinajstić information content (AvgIpc) is 2.72. The first-order valence-electron chi connectivity index (χ1n) is 9.05. The number of carbonyl (C=O) groups excluding carboxylic acids is 1. The quantitative estimate of drug-likeness (QED) is 0.390. The van der Waals surface area contributed by atoms with E-state index in [9.17, 15) is 24.8 Å². The van der Waals surface area contributed by atoms with E-state index in [-0.39, 0.29) is 21.8 Å². The van der Waals surface area contributed by atoms with Crippen LogP contribution in [0.25, 0.3) is 0 Å². The van der Waals surface area contributed by atoms with Crippen molar-refractivity contribution in [2.75, 3.05) is 5.32 Å². The molecule has 0 radical (unpaired) electrons. The molecule has 0 unspecified atom stereocenters. The van der Waals surface area contributed by atoms with Crippen molar-refractivity contribution in [2.24, 2.45) is 0 Å². The van der Waals surface area contributed by atoms with Crippen molar-refractivity contribution in [1.29, 1.82) is 0 Å². The molecule has 3 rings (SSSR count). The Labute approximate surface area is 182 Å². The van der Waals surface area contributed by atoms with Crippen molar-refractivity contribution < 1.29 is 24.4 Å². The lowest BCUT2D eigenvalue weighted by Gasteiger charge is -2.12. The minimum Gasteiger partial charge on any atom is -0.487 e. The molecule has 0 aliphatic rings. The van der Waals surface area contributed by atoms with Gasteiger partial charge in [-0.1, -0.05) is 41.4 Å². The molecule has 8 nitrogen and oxygen atoms in total. The van der Waals surface area contributed by atoms with Crippen LogP contribution in [0.2, 0.25) is 5.02 Å². The maximum atomic E-state index is 12.6. The van der Waals surface area contributed by atoms with E-state index in [4.69, 9.17) is 16.3 Å². The molecular formula is C22H17ClN2O6. The second-order valence-electron chi connectivity index (χ2n) is 6.67. The number of amides is 1. The lowest BCUT2D eigenvalue weighted by atomic mass is 10.1.